The van der Waals surface area contributed by atoms with E-state index in [1.807, 2.05) is 19.9 Å². The number of hydrogen-bond acceptors (Lipinski definition) is 3. The van der Waals surface area contributed by atoms with E-state index in [-0.39, 0.29) is 17.7 Å². The SMILES string of the molecule is Cc1ccc(Cl)c(OC(C)C(=O)N2CCC(C(=O)O)C(C)C2)c1. The average Bonchev–Trinajstić information content (AvgIpc) is 2.49. The highest BCUT2D eigenvalue weighted by Gasteiger charge is 2.34. The Morgan fingerprint density at radius 3 is 2.74 bits per heavy atom. The molecule has 1 heterocycles. The molecule has 0 radical (unpaired) electrons. The first-order valence-electron chi connectivity index (χ1n) is 7.74. The van der Waals surface area contributed by atoms with E-state index in [0.29, 0.717) is 30.3 Å². The van der Waals surface area contributed by atoms with Gasteiger partial charge >= 0.3 is 5.97 Å². The molecule has 1 fully saturated rings. The summed E-state index contributed by atoms with van der Waals surface area (Å²) in [6.45, 7) is 6.35. The molecule has 3 unspecified atom stereocenters. The Hall–Kier alpha value is -1.75. The lowest BCUT2D eigenvalue weighted by Crippen LogP contribution is -2.49. The van der Waals surface area contributed by atoms with Crippen molar-refractivity contribution in [1.82, 2.24) is 4.90 Å². The van der Waals surface area contributed by atoms with E-state index in [1.165, 1.54) is 0 Å². The predicted octanol–water partition coefficient (Wildman–Crippen LogP) is 2.98. The Morgan fingerprint density at radius 2 is 2.13 bits per heavy atom. The fourth-order valence-corrected chi connectivity index (χ4v) is 3.07. The minimum Gasteiger partial charge on any atom is -0.481 e. The molecule has 6 heteroatoms. The summed E-state index contributed by atoms with van der Waals surface area (Å²) < 4.78 is 5.71. The van der Waals surface area contributed by atoms with Gasteiger partial charge in [0, 0.05) is 13.1 Å². The number of hydrogen-bond donors (Lipinski definition) is 1. The fourth-order valence-electron chi connectivity index (χ4n) is 2.91. The van der Waals surface area contributed by atoms with Gasteiger partial charge in [-0.2, -0.15) is 0 Å². The largest absolute Gasteiger partial charge is 0.481 e. The smallest absolute Gasteiger partial charge is 0.306 e. The maximum Gasteiger partial charge on any atom is 0.306 e. The molecule has 5 nitrogen and oxygen atoms in total. The van der Waals surface area contributed by atoms with Crippen LogP contribution in [-0.4, -0.2) is 41.1 Å². The lowest BCUT2D eigenvalue weighted by atomic mass is 9.87. The van der Waals surface area contributed by atoms with Gasteiger partial charge in [-0.05, 0) is 43.9 Å². The molecule has 126 valence electrons. The van der Waals surface area contributed by atoms with Gasteiger partial charge in [-0.1, -0.05) is 24.6 Å². The Kier molecular flexibility index (Phi) is 5.52. The van der Waals surface area contributed by atoms with Crippen molar-refractivity contribution in [3.8, 4) is 5.75 Å². The molecule has 0 aromatic heterocycles. The number of nitrogens with zero attached hydrogens (tertiary/aromatic N) is 1. The molecule has 1 aromatic carbocycles. The Labute approximate surface area is 141 Å². The second-order valence-corrected chi connectivity index (χ2v) is 6.60. The molecule has 3 atom stereocenters. The van der Waals surface area contributed by atoms with Crippen LogP contribution in [0.5, 0.6) is 5.75 Å². The second kappa shape index (κ2) is 7.21. The number of carboxylic acids is 1. The number of aryl methyl sites for hydroxylation is 1. The lowest BCUT2D eigenvalue weighted by Gasteiger charge is -2.36. The summed E-state index contributed by atoms with van der Waals surface area (Å²) >= 11 is 6.09. The standard InChI is InChI=1S/C17H22ClNO4/c1-10-4-5-14(18)15(8-10)23-12(3)16(20)19-7-6-13(17(21)22)11(2)9-19/h4-5,8,11-13H,6-7,9H2,1-3H3,(H,21,22). The maximum absolute atomic E-state index is 12.5. The van der Waals surface area contributed by atoms with Gasteiger partial charge in [-0.3, -0.25) is 9.59 Å². The van der Waals surface area contributed by atoms with E-state index in [1.54, 1.807) is 24.0 Å². The summed E-state index contributed by atoms with van der Waals surface area (Å²) in [6, 6.07) is 5.41. The Bertz CT molecular complexity index is 604. The van der Waals surface area contributed by atoms with E-state index in [9.17, 15) is 9.59 Å². The topological polar surface area (TPSA) is 66.8 Å². The maximum atomic E-state index is 12.5. The average molecular weight is 340 g/mol. The van der Waals surface area contributed by atoms with Gasteiger partial charge in [-0.15, -0.1) is 0 Å². The van der Waals surface area contributed by atoms with Gasteiger partial charge < -0.3 is 14.7 Å². The van der Waals surface area contributed by atoms with Crippen molar-refractivity contribution in [3.63, 3.8) is 0 Å². The van der Waals surface area contributed by atoms with Crippen molar-refractivity contribution in [3.05, 3.63) is 28.8 Å². The van der Waals surface area contributed by atoms with Gasteiger partial charge in [0.1, 0.15) is 5.75 Å². The minimum absolute atomic E-state index is 0.0695. The number of piperidine rings is 1. The molecule has 1 aliphatic heterocycles. The van der Waals surface area contributed by atoms with Crippen LogP contribution in [0.2, 0.25) is 5.02 Å². The number of benzene rings is 1. The number of aliphatic carboxylic acids is 1. The summed E-state index contributed by atoms with van der Waals surface area (Å²) in [5, 5.41) is 9.62. The Balaban J connectivity index is 2.00. The van der Waals surface area contributed by atoms with Crippen LogP contribution >= 0.6 is 11.6 Å². The lowest BCUT2D eigenvalue weighted by molar-refractivity contribution is -0.150. The first-order chi connectivity index (χ1) is 10.8. The zero-order valence-electron chi connectivity index (χ0n) is 13.6. The van der Waals surface area contributed by atoms with E-state index < -0.39 is 12.1 Å². The van der Waals surface area contributed by atoms with Crippen LogP contribution in [0, 0.1) is 18.8 Å². The molecule has 0 saturated carbocycles. The molecule has 0 spiro atoms. The van der Waals surface area contributed by atoms with Gasteiger partial charge in [0.2, 0.25) is 0 Å². The zero-order valence-corrected chi connectivity index (χ0v) is 14.3. The van der Waals surface area contributed by atoms with E-state index in [0.717, 1.165) is 5.56 Å². The van der Waals surface area contributed by atoms with Gasteiger partial charge in [0.15, 0.2) is 6.10 Å². The van der Waals surface area contributed by atoms with E-state index in [2.05, 4.69) is 0 Å². The second-order valence-electron chi connectivity index (χ2n) is 6.19. The third-order valence-corrected chi connectivity index (χ3v) is 4.58. The molecule has 1 aliphatic rings. The molecule has 2 rings (SSSR count). The highest BCUT2D eigenvalue weighted by Crippen LogP contribution is 2.28. The van der Waals surface area contributed by atoms with E-state index >= 15 is 0 Å². The number of rotatable bonds is 4. The molecule has 1 aromatic rings. The molecule has 1 N–H and O–H groups in total. The summed E-state index contributed by atoms with van der Waals surface area (Å²) in [4.78, 5) is 25.4. The Morgan fingerprint density at radius 1 is 1.43 bits per heavy atom. The van der Waals surface area contributed by atoms with Crippen molar-refractivity contribution in [2.24, 2.45) is 11.8 Å². The summed E-state index contributed by atoms with van der Waals surface area (Å²) in [7, 11) is 0. The highest BCUT2D eigenvalue weighted by atomic mass is 35.5. The van der Waals surface area contributed by atoms with Crippen molar-refractivity contribution < 1.29 is 19.4 Å². The summed E-state index contributed by atoms with van der Waals surface area (Å²) in [5.41, 5.74) is 1.000. The van der Waals surface area contributed by atoms with Gasteiger partial charge in [-0.25, -0.2) is 0 Å². The third-order valence-electron chi connectivity index (χ3n) is 4.27. The number of halogens is 1. The zero-order chi connectivity index (χ0) is 17.1. The summed E-state index contributed by atoms with van der Waals surface area (Å²) in [6.07, 6.45) is -0.192. The molecule has 23 heavy (non-hydrogen) atoms. The predicted molar refractivity (Wildman–Crippen MR) is 87.8 cm³/mol. The quantitative estimate of drug-likeness (QED) is 0.915. The van der Waals surface area contributed by atoms with Crippen molar-refractivity contribution in [2.75, 3.05) is 13.1 Å². The molecule has 1 saturated heterocycles. The molecule has 1 amide bonds. The van der Waals surface area contributed by atoms with Crippen LogP contribution in [0.1, 0.15) is 25.8 Å². The minimum atomic E-state index is -0.791. The van der Waals surface area contributed by atoms with Crippen molar-refractivity contribution in [1.29, 1.82) is 0 Å². The van der Waals surface area contributed by atoms with Gasteiger partial charge in [0.25, 0.3) is 5.91 Å². The number of amides is 1. The van der Waals surface area contributed by atoms with Crippen LogP contribution in [-0.2, 0) is 9.59 Å². The molecular formula is C17H22ClNO4. The first kappa shape index (κ1) is 17.6. The molecular weight excluding hydrogens is 318 g/mol. The number of likely N-dealkylation sites (tertiary alicyclic amines) is 1. The molecule has 0 aliphatic carbocycles. The number of carboxylic acid groups (broad SMARTS) is 1. The monoisotopic (exact) mass is 339 g/mol. The number of carbonyl (C=O) groups excluding carboxylic acids is 1. The van der Waals surface area contributed by atoms with Crippen LogP contribution in [0.4, 0.5) is 0 Å². The highest BCUT2D eigenvalue weighted by molar-refractivity contribution is 6.32. The summed E-state index contributed by atoms with van der Waals surface area (Å²) in [5.74, 6) is -0.902. The molecule has 0 bridgehead atoms. The normalized spacial score (nSPS) is 22.5. The van der Waals surface area contributed by atoms with Crippen LogP contribution in [0.25, 0.3) is 0 Å². The van der Waals surface area contributed by atoms with Crippen LogP contribution < -0.4 is 4.74 Å². The number of carbonyl (C=O) groups is 2. The van der Waals surface area contributed by atoms with Gasteiger partial charge in [0.05, 0.1) is 10.9 Å². The van der Waals surface area contributed by atoms with E-state index in [4.69, 9.17) is 21.4 Å². The van der Waals surface area contributed by atoms with Crippen molar-refractivity contribution >= 4 is 23.5 Å². The fraction of sp³-hybridized carbons (Fsp3) is 0.529. The first-order valence-corrected chi connectivity index (χ1v) is 8.11. The third kappa shape index (κ3) is 4.16. The number of ether oxygens (including phenoxy) is 1. The van der Waals surface area contributed by atoms with Crippen molar-refractivity contribution in [2.45, 2.75) is 33.3 Å². The van der Waals surface area contributed by atoms with Crippen LogP contribution in [0.3, 0.4) is 0 Å². The van der Waals surface area contributed by atoms with Crippen LogP contribution in [0.15, 0.2) is 18.2 Å².